The molecule has 0 bridgehead atoms. The molecule has 0 spiro atoms. The Hall–Kier alpha value is -6.12. The minimum absolute atomic E-state index is 0.222. The summed E-state index contributed by atoms with van der Waals surface area (Å²) < 4.78 is 0. The van der Waals surface area contributed by atoms with E-state index >= 15 is 0 Å². The van der Waals surface area contributed by atoms with E-state index in [9.17, 15) is 0 Å². The molecule has 2 aliphatic carbocycles. The van der Waals surface area contributed by atoms with E-state index in [2.05, 4.69) is 182 Å². The Bertz CT molecular complexity index is 2310. The van der Waals surface area contributed by atoms with Gasteiger partial charge in [-0.1, -0.05) is 170 Å². The van der Waals surface area contributed by atoms with Crippen LogP contribution in [0.25, 0.3) is 44.9 Å². The molecule has 232 valence electrons. The Labute approximate surface area is 287 Å². The third-order valence-corrected chi connectivity index (χ3v) is 10.1. The molecule has 9 rings (SSSR count). The highest BCUT2D eigenvalue weighted by atomic mass is 14.9. The van der Waals surface area contributed by atoms with Crippen LogP contribution in [0.5, 0.6) is 0 Å². The van der Waals surface area contributed by atoms with Crippen LogP contribution in [-0.4, -0.2) is 9.97 Å². The first kappa shape index (κ1) is 29.1. The second-order valence-corrected chi connectivity index (χ2v) is 12.9. The van der Waals surface area contributed by atoms with Crippen LogP contribution >= 0.6 is 0 Å². The fraction of sp³-hybridized carbons (Fsp3) is 0.0638. The van der Waals surface area contributed by atoms with Crippen molar-refractivity contribution in [1.29, 1.82) is 0 Å². The van der Waals surface area contributed by atoms with Crippen molar-refractivity contribution in [3.05, 3.63) is 216 Å². The molecule has 0 fully saturated rings. The van der Waals surface area contributed by atoms with Gasteiger partial charge < -0.3 is 0 Å². The quantitative estimate of drug-likeness (QED) is 0.183. The maximum atomic E-state index is 5.18. The number of allylic oxidation sites excluding steroid dienone is 4. The standard InChI is InChI=1S/C47H34N2/c1-5-16-33(17-6-1)44-32-45(34-18-7-2-8-19-34)49-46(48-44)37-21-15-20-35(30-37)36-28-29-41-40-26-13-14-27-42(40)47(43(41)31-36,38-22-9-3-10-23-38)39-24-11-4-12-25-39/h1-18,20-32,34H,19H2. The molecular weight excluding hydrogens is 593 g/mol. The molecule has 2 heteroatoms. The van der Waals surface area contributed by atoms with Gasteiger partial charge in [0.1, 0.15) is 0 Å². The van der Waals surface area contributed by atoms with Gasteiger partial charge in [-0.05, 0) is 69.1 Å². The summed E-state index contributed by atoms with van der Waals surface area (Å²) in [5.74, 6) is 0.970. The van der Waals surface area contributed by atoms with Gasteiger partial charge in [0.2, 0.25) is 0 Å². The first-order valence-corrected chi connectivity index (χ1v) is 17.0. The molecule has 1 unspecified atom stereocenters. The van der Waals surface area contributed by atoms with Crippen molar-refractivity contribution < 1.29 is 0 Å². The first-order valence-electron chi connectivity index (χ1n) is 17.0. The van der Waals surface area contributed by atoms with Crippen molar-refractivity contribution in [2.75, 3.05) is 0 Å². The second-order valence-electron chi connectivity index (χ2n) is 12.9. The summed E-state index contributed by atoms with van der Waals surface area (Å²) in [5, 5.41) is 0. The molecule has 6 aromatic carbocycles. The summed E-state index contributed by atoms with van der Waals surface area (Å²) in [6.07, 6.45) is 9.62. The van der Waals surface area contributed by atoms with Gasteiger partial charge in [-0.25, -0.2) is 9.97 Å². The van der Waals surface area contributed by atoms with E-state index in [-0.39, 0.29) is 5.92 Å². The highest BCUT2D eigenvalue weighted by molar-refractivity contribution is 5.88. The van der Waals surface area contributed by atoms with Gasteiger partial charge in [0.15, 0.2) is 5.82 Å². The summed E-state index contributed by atoms with van der Waals surface area (Å²) in [5.41, 5.74) is 13.7. The molecule has 1 heterocycles. The number of benzene rings is 6. The largest absolute Gasteiger partial charge is 0.232 e. The topological polar surface area (TPSA) is 25.8 Å². The van der Waals surface area contributed by atoms with Crippen molar-refractivity contribution in [3.63, 3.8) is 0 Å². The average molecular weight is 627 g/mol. The highest BCUT2D eigenvalue weighted by Gasteiger charge is 2.46. The van der Waals surface area contributed by atoms with Crippen molar-refractivity contribution >= 4 is 0 Å². The van der Waals surface area contributed by atoms with Crippen molar-refractivity contribution in [1.82, 2.24) is 9.97 Å². The van der Waals surface area contributed by atoms with Crippen LogP contribution in [0.2, 0.25) is 0 Å². The van der Waals surface area contributed by atoms with Crippen LogP contribution in [0.1, 0.15) is 40.3 Å². The molecule has 7 aromatic rings. The maximum Gasteiger partial charge on any atom is 0.160 e. The van der Waals surface area contributed by atoms with Crippen LogP contribution in [0, 0.1) is 0 Å². The lowest BCUT2D eigenvalue weighted by Gasteiger charge is -2.34. The Balaban J connectivity index is 1.21. The third kappa shape index (κ3) is 4.96. The number of hydrogen-bond donors (Lipinski definition) is 0. The van der Waals surface area contributed by atoms with Gasteiger partial charge in [-0.15, -0.1) is 0 Å². The number of fused-ring (bicyclic) bond motifs is 3. The van der Waals surface area contributed by atoms with Crippen molar-refractivity contribution in [2.45, 2.75) is 17.8 Å². The number of aromatic nitrogens is 2. The zero-order chi connectivity index (χ0) is 32.6. The summed E-state index contributed by atoms with van der Waals surface area (Å²) in [6.45, 7) is 0. The fourth-order valence-corrected chi connectivity index (χ4v) is 7.80. The molecule has 0 aliphatic heterocycles. The molecule has 0 saturated carbocycles. The zero-order valence-electron chi connectivity index (χ0n) is 27.1. The Morgan fingerprint density at radius 1 is 0.469 bits per heavy atom. The molecule has 1 aromatic heterocycles. The fourth-order valence-electron chi connectivity index (χ4n) is 7.80. The van der Waals surface area contributed by atoms with Gasteiger partial charge in [0.25, 0.3) is 0 Å². The predicted octanol–water partition coefficient (Wildman–Crippen LogP) is 11.4. The van der Waals surface area contributed by atoms with Crippen LogP contribution < -0.4 is 0 Å². The van der Waals surface area contributed by atoms with Crippen molar-refractivity contribution in [2.24, 2.45) is 0 Å². The summed E-state index contributed by atoms with van der Waals surface area (Å²) in [7, 11) is 0. The van der Waals surface area contributed by atoms with E-state index in [1.807, 2.05) is 6.07 Å². The van der Waals surface area contributed by atoms with E-state index < -0.39 is 5.41 Å². The van der Waals surface area contributed by atoms with E-state index in [1.165, 1.54) is 38.9 Å². The minimum Gasteiger partial charge on any atom is -0.232 e. The van der Waals surface area contributed by atoms with E-state index in [0.717, 1.165) is 40.3 Å². The van der Waals surface area contributed by atoms with Gasteiger partial charge in [0, 0.05) is 17.0 Å². The van der Waals surface area contributed by atoms with Gasteiger partial charge >= 0.3 is 0 Å². The first-order chi connectivity index (χ1) is 24.3. The Morgan fingerprint density at radius 2 is 1.10 bits per heavy atom. The van der Waals surface area contributed by atoms with Crippen LogP contribution in [-0.2, 0) is 5.41 Å². The molecule has 1 atom stereocenters. The Morgan fingerprint density at radius 3 is 1.84 bits per heavy atom. The SMILES string of the molecule is C1=CCC(c2cc(-c3ccccc3)nc(-c3cccc(-c4ccc5c(c4)C(c4ccccc4)(c4ccccc4)c4ccccc4-5)c3)n2)C=C1. The normalized spacial score (nSPS) is 15.5. The molecule has 0 saturated heterocycles. The second kappa shape index (κ2) is 12.2. The number of hydrogen-bond acceptors (Lipinski definition) is 2. The average Bonchev–Trinajstić information content (AvgIpc) is 3.49. The smallest absolute Gasteiger partial charge is 0.160 e. The molecular formula is C47H34N2. The lowest BCUT2D eigenvalue weighted by molar-refractivity contribution is 0.769. The number of nitrogens with zero attached hydrogens (tertiary/aromatic N) is 2. The van der Waals surface area contributed by atoms with Crippen LogP contribution in [0.3, 0.4) is 0 Å². The van der Waals surface area contributed by atoms with Gasteiger partial charge in [0.05, 0.1) is 16.8 Å². The van der Waals surface area contributed by atoms with Crippen molar-refractivity contribution in [3.8, 4) is 44.9 Å². The molecule has 2 nitrogen and oxygen atoms in total. The zero-order valence-corrected chi connectivity index (χ0v) is 27.1. The van der Waals surface area contributed by atoms with E-state index in [0.29, 0.717) is 0 Å². The third-order valence-electron chi connectivity index (χ3n) is 10.1. The van der Waals surface area contributed by atoms with E-state index in [1.54, 1.807) is 0 Å². The van der Waals surface area contributed by atoms with Crippen LogP contribution in [0.4, 0.5) is 0 Å². The Kier molecular flexibility index (Phi) is 7.21. The monoisotopic (exact) mass is 626 g/mol. The molecule has 0 amide bonds. The summed E-state index contributed by atoms with van der Waals surface area (Å²) >= 11 is 0. The summed E-state index contributed by atoms with van der Waals surface area (Å²) in [6, 6.07) is 59.2. The lowest BCUT2D eigenvalue weighted by atomic mass is 9.67. The number of rotatable bonds is 6. The molecule has 0 radical (unpaired) electrons. The maximum absolute atomic E-state index is 5.18. The molecule has 2 aliphatic rings. The highest BCUT2D eigenvalue weighted by Crippen LogP contribution is 2.56. The van der Waals surface area contributed by atoms with Crippen LogP contribution in [0.15, 0.2) is 188 Å². The van der Waals surface area contributed by atoms with E-state index in [4.69, 9.17) is 9.97 Å². The molecule has 0 N–H and O–H groups in total. The molecule has 49 heavy (non-hydrogen) atoms. The lowest BCUT2D eigenvalue weighted by Crippen LogP contribution is -2.28. The van der Waals surface area contributed by atoms with Gasteiger partial charge in [-0.3, -0.25) is 0 Å². The predicted molar refractivity (Wildman–Crippen MR) is 201 cm³/mol. The summed E-state index contributed by atoms with van der Waals surface area (Å²) in [4.78, 5) is 10.3. The minimum atomic E-state index is -0.438. The van der Waals surface area contributed by atoms with Gasteiger partial charge in [-0.2, -0.15) is 0 Å².